The predicted octanol–water partition coefficient (Wildman–Crippen LogP) is 6.47. The minimum absolute atomic E-state index is 0.0733. The zero-order chi connectivity index (χ0) is 26.9. The third kappa shape index (κ3) is 5.66. The maximum atomic E-state index is 13.2. The number of amides is 2. The minimum Gasteiger partial charge on any atom is -0.476 e. The Morgan fingerprint density at radius 2 is 1.84 bits per heavy atom. The van der Waals surface area contributed by atoms with Crippen LogP contribution in [0.2, 0.25) is 5.02 Å². The number of hydrogen-bond acceptors (Lipinski definition) is 6. The second-order valence-corrected chi connectivity index (χ2v) is 11.3. The van der Waals surface area contributed by atoms with Crippen molar-refractivity contribution in [3.05, 3.63) is 81.4 Å². The molecule has 5 rings (SSSR count). The van der Waals surface area contributed by atoms with Gasteiger partial charge in [0.25, 0.3) is 11.8 Å². The lowest BCUT2D eigenvalue weighted by Gasteiger charge is -2.36. The van der Waals surface area contributed by atoms with Crippen LogP contribution in [0.4, 0.5) is 5.69 Å². The van der Waals surface area contributed by atoms with Crippen LogP contribution in [0.5, 0.6) is 5.75 Å². The molecule has 3 heterocycles. The number of benzene rings is 2. The van der Waals surface area contributed by atoms with Crippen LogP contribution in [0.3, 0.4) is 0 Å². The van der Waals surface area contributed by atoms with Crippen molar-refractivity contribution < 1.29 is 14.3 Å². The molecule has 0 saturated carbocycles. The first-order valence-corrected chi connectivity index (χ1v) is 13.8. The van der Waals surface area contributed by atoms with Gasteiger partial charge in [0.05, 0.1) is 15.5 Å². The van der Waals surface area contributed by atoms with Crippen LogP contribution >= 0.6 is 22.9 Å². The number of likely N-dealkylation sites (tertiary alicyclic amines) is 1. The van der Waals surface area contributed by atoms with Gasteiger partial charge in [-0.15, -0.1) is 11.3 Å². The van der Waals surface area contributed by atoms with Crippen LogP contribution in [-0.4, -0.2) is 45.4 Å². The number of nitrogens with one attached hydrogen (secondary N) is 1. The van der Waals surface area contributed by atoms with Crippen molar-refractivity contribution in [1.29, 1.82) is 0 Å². The molecule has 0 atom stereocenters. The molecule has 1 fully saturated rings. The molecule has 4 aromatic rings. The molecule has 2 aromatic heterocycles. The van der Waals surface area contributed by atoms with Crippen LogP contribution in [-0.2, 0) is 4.79 Å². The van der Waals surface area contributed by atoms with Gasteiger partial charge in [-0.25, -0.2) is 4.98 Å². The van der Waals surface area contributed by atoms with Crippen LogP contribution < -0.4 is 10.1 Å². The molecule has 1 saturated heterocycles. The summed E-state index contributed by atoms with van der Waals surface area (Å²) in [5.41, 5.74) is 1.91. The Balaban J connectivity index is 1.18. The van der Waals surface area contributed by atoms with E-state index < -0.39 is 5.60 Å². The number of aryl methyl sites for hydroxylation is 1. The molecule has 2 amide bonds. The Morgan fingerprint density at radius 3 is 2.61 bits per heavy atom. The van der Waals surface area contributed by atoms with Gasteiger partial charge >= 0.3 is 0 Å². The Kier molecular flexibility index (Phi) is 7.36. The summed E-state index contributed by atoms with van der Waals surface area (Å²) in [6.45, 7) is 6.69. The predicted molar refractivity (Wildman–Crippen MR) is 151 cm³/mol. The summed E-state index contributed by atoms with van der Waals surface area (Å²) in [5.74, 6) is 0.383. The van der Waals surface area contributed by atoms with E-state index in [1.165, 1.54) is 11.3 Å². The summed E-state index contributed by atoms with van der Waals surface area (Å²) in [6, 6.07) is 16.8. The molecular weight excluding hydrogens is 520 g/mol. The molecule has 0 radical (unpaired) electrons. The molecule has 38 heavy (non-hydrogen) atoms. The number of nitrogens with zero attached hydrogens (tertiary/aromatic N) is 3. The molecule has 0 spiro atoms. The number of ether oxygens (including phenoxy) is 1. The number of piperidine rings is 1. The molecule has 1 aliphatic heterocycles. The number of aromatic nitrogens is 2. The highest BCUT2D eigenvalue weighted by Gasteiger charge is 2.37. The number of para-hydroxylation sites is 1. The summed E-state index contributed by atoms with van der Waals surface area (Å²) in [4.78, 5) is 37.1. The van der Waals surface area contributed by atoms with E-state index in [-0.39, 0.29) is 17.7 Å². The van der Waals surface area contributed by atoms with Gasteiger partial charge in [-0.3, -0.25) is 14.6 Å². The monoisotopic (exact) mass is 548 g/mol. The number of halogens is 1. The number of pyridine rings is 1. The summed E-state index contributed by atoms with van der Waals surface area (Å²) < 4.78 is 5.99. The number of hydrogen-bond donors (Lipinski definition) is 1. The van der Waals surface area contributed by atoms with Gasteiger partial charge in [-0.2, -0.15) is 0 Å². The zero-order valence-electron chi connectivity index (χ0n) is 21.5. The van der Waals surface area contributed by atoms with Gasteiger partial charge in [-0.05, 0) is 70.0 Å². The van der Waals surface area contributed by atoms with E-state index in [9.17, 15) is 9.59 Å². The zero-order valence-corrected chi connectivity index (χ0v) is 23.1. The maximum absolute atomic E-state index is 13.2. The molecule has 196 valence electrons. The smallest absolute Gasteiger partial charge is 0.275 e. The van der Waals surface area contributed by atoms with Gasteiger partial charge < -0.3 is 15.0 Å². The lowest BCUT2D eigenvalue weighted by Crippen LogP contribution is -2.51. The SMILES string of the molecule is Cc1ccc2cc(NC(=O)c3csc(C4CCN(C(=O)C(C)(C)Oc5ccccc5Cl)CC4)n3)ccc2n1. The van der Waals surface area contributed by atoms with Gasteiger partial charge in [0.2, 0.25) is 0 Å². The van der Waals surface area contributed by atoms with E-state index in [2.05, 4.69) is 15.3 Å². The number of carbonyl (C=O) groups is 2. The van der Waals surface area contributed by atoms with Crippen molar-refractivity contribution in [1.82, 2.24) is 14.9 Å². The Hall–Kier alpha value is -3.49. The molecular formula is C29H29ClN4O3S. The molecule has 7 nitrogen and oxygen atoms in total. The van der Waals surface area contributed by atoms with E-state index in [0.29, 0.717) is 35.2 Å². The number of rotatable bonds is 6. The summed E-state index contributed by atoms with van der Waals surface area (Å²) >= 11 is 7.71. The van der Waals surface area contributed by atoms with Gasteiger partial charge in [0.1, 0.15) is 11.4 Å². The second kappa shape index (κ2) is 10.7. The van der Waals surface area contributed by atoms with Gasteiger partial charge in [0, 0.05) is 41.2 Å². The van der Waals surface area contributed by atoms with E-state index in [1.807, 2.05) is 54.3 Å². The quantitative estimate of drug-likeness (QED) is 0.298. The number of anilines is 1. The second-order valence-electron chi connectivity index (χ2n) is 9.99. The van der Waals surface area contributed by atoms with E-state index in [1.54, 1.807) is 31.4 Å². The van der Waals surface area contributed by atoms with Crippen molar-refractivity contribution in [2.75, 3.05) is 18.4 Å². The first kappa shape index (κ1) is 26.1. The van der Waals surface area contributed by atoms with Crippen molar-refractivity contribution >= 4 is 51.3 Å². The Bertz CT molecular complexity index is 1490. The molecule has 0 unspecified atom stereocenters. The van der Waals surface area contributed by atoms with Gasteiger partial charge in [0.15, 0.2) is 5.60 Å². The first-order valence-electron chi connectivity index (χ1n) is 12.6. The average Bonchev–Trinajstić information content (AvgIpc) is 3.40. The number of fused-ring (bicyclic) bond motifs is 1. The normalized spacial score (nSPS) is 14.5. The summed E-state index contributed by atoms with van der Waals surface area (Å²) in [7, 11) is 0. The molecule has 0 aliphatic carbocycles. The fourth-order valence-electron chi connectivity index (χ4n) is 4.64. The highest BCUT2D eigenvalue weighted by Crippen LogP contribution is 2.33. The summed E-state index contributed by atoms with van der Waals surface area (Å²) in [5, 5.41) is 7.11. The van der Waals surface area contributed by atoms with Crippen molar-refractivity contribution in [2.24, 2.45) is 0 Å². The van der Waals surface area contributed by atoms with Crippen molar-refractivity contribution in [3.8, 4) is 5.75 Å². The molecule has 1 N–H and O–H groups in total. The highest BCUT2D eigenvalue weighted by atomic mass is 35.5. The standard InChI is InChI=1S/C29H29ClN4O3S/c1-18-8-9-20-16-21(10-11-23(20)31-18)32-26(35)24-17-38-27(33-24)19-12-14-34(15-13-19)28(36)29(2,3)37-25-7-5-4-6-22(25)30/h4-11,16-17,19H,12-15H2,1-3H3,(H,32,35). The lowest BCUT2D eigenvalue weighted by atomic mass is 9.96. The van der Waals surface area contributed by atoms with Crippen molar-refractivity contribution in [3.63, 3.8) is 0 Å². The number of thiazole rings is 1. The van der Waals surface area contributed by atoms with Crippen LogP contribution in [0, 0.1) is 6.92 Å². The first-order chi connectivity index (χ1) is 18.2. The third-order valence-corrected chi connectivity index (χ3v) is 8.01. The Labute approximate surface area is 230 Å². The van der Waals surface area contributed by atoms with E-state index in [0.717, 1.165) is 34.4 Å². The minimum atomic E-state index is -1.04. The van der Waals surface area contributed by atoms with E-state index >= 15 is 0 Å². The third-order valence-electron chi connectivity index (χ3n) is 6.69. The molecule has 1 aliphatic rings. The van der Waals surface area contributed by atoms with E-state index in [4.69, 9.17) is 16.3 Å². The van der Waals surface area contributed by atoms with Crippen LogP contribution in [0.1, 0.15) is 53.8 Å². The largest absolute Gasteiger partial charge is 0.476 e. The number of carbonyl (C=O) groups excluding carboxylic acids is 2. The maximum Gasteiger partial charge on any atom is 0.275 e. The Morgan fingerprint density at radius 1 is 1.08 bits per heavy atom. The average molecular weight is 549 g/mol. The van der Waals surface area contributed by atoms with Crippen molar-refractivity contribution in [2.45, 2.75) is 45.1 Å². The summed E-state index contributed by atoms with van der Waals surface area (Å²) in [6.07, 6.45) is 1.55. The lowest BCUT2D eigenvalue weighted by molar-refractivity contribution is -0.146. The van der Waals surface area contributed by atoms with Crippen LogP contribution in [0.15, 0.2) is 60.0 Å². The topological polar surface area (TPSA) is 84.4 Å². The molecule has 9 heteroatoms. The molecule has 0 bridgehead atoms. The fraction of sp³-hybridized carbons (Fsp3) is 0.310. The van der Waals surface area contributed by atoms with Crippen LogP contribution in [0.25, 0.3) is 10.9 Å². The molecule has 2 aromatic carbocycles. The fourth-order valence-corrected chi connectivity index (χ4v) is 5.78. The highest BCUT2D eigenvalue weighted by molar-refractivity contribution is 7.10. The van der Waals surface area contributed by atoms with Gasteiger partial charge in [-0.1, -0.05) is 29.8 Å².